The first-order chi connectivity index (χ1) is 9.15. The molecule has 6 heteroatoms. The number of unbranched alkanes of at least 4 members (excludes halogenated alkanes) is 3. The van der Waals surface area contributed by atoms with Gasteiger partial charge in [0, 0.05) is 24.2 Å². The molecule has 0 aliphatic carbocycles. The number of nitro groups is 1. The third-order valence-electron chi connectivity index (χ3n) is 2.67. The highest BCUT2D eigenvalue weighted by Gasteiger charge is 2.10. The molecule has 0 saturated heterocycles. The number of non-ortho nitro benzene ring substituents is 1. The SMILES string of the molecule is O=C(NCCCCCCI)c1cccc([N+](=O)[O-])c1. The summed E-state index contributed by atoms with van der Waals surface area (Å²) in [7, 11) is 0. The zero-order valence-corrected chi connectivity index (χ0v) is 12.8. The van der Waals surface area contributed by atoms with Gasteiger partial charge in [-0.2, -0.15) is 0 Å². The molecule has 1 N–H and O–H groups in total. The van der Waals surface area contributed by atoms with E-state index >= 15 is 0 Å². The first-order valence-electron chi connectivity index (χ1n) is 6.24. The largest absolute Gasteiger partial charge is 0.352 e. The van der Waals surface area contributed by atoms with Crippen molar-refractivity contribution in [2.24, 2.45) is 0 Å². The molecule has 0 aliphatic heterocycles. The lowest BCUT2D eigenvalue weighted by atomic mass is 10.1. The number of halogens is 1. The summed E-state index contributed by atoms with van der Waals surface area (Å²) in [6.07, 6.45) is 4.42. The third kappa shape index (κ3) is 6.00. The molecule has 1 amide bonds. The first-order valence-corrected chi connectivity index (χ1v) is 7.76. The van der Waals surface area contributed by atoms with Gasteiger partial charge in [0.1, 0.15) is 0 Å². The van der Waals surface area contributed by atoms with Crippen LogP contribution in [-0.2, 0) is 0 Å². The molecule has 0 unspecified atom stereocenters. The Hall–Kier alpha value is -1.18. The van der Waals surface area contributed by atoms with Crippen LogP contribution in [0.5, 0.6) is 0 Å². The monoisotopic (exact) mass is 376 g/mol. The molecule has 0 heterocycles. The van der Waals surface area contributed by atoms with Crippen molar-refractivity contribution in [3.8, 4) is 0 Å². The van der Waals surface area contributed by atoms with Crippen LogP contribution in [-0.4, -0.2) is 21.8 Å². The molecular formula is C13H17IN2O3. The van der Waals surface area contributed by atoms with Crippen molar-refractivity contribution < 1.29 is 9.72 Å². The Balaban J connectivity index is 2.37. The number of hydrogen-bond acceptors (Lipinski definition) is 3. The fourth-order valence-corrected chi connectivity index (χ4v) is 2.18. The summed E-state index contributed by atoms with van der Waals surface area (Å²) in [5, 5.41) is 13.4. The normalized spacial score (nSPS) is 10.2. The third-order valence-corrected chi connectivity index (χ3v) is 3.43. The number of benzene rings is 1. The Kier molecular flexibility index (Phi) is 7.39. The molecule has 5 nitrogen and oxygen atoms in total. The summed E-state index contributed by atoms with van der Waals surface area (Å²) in [4.78, 5) is 21.9. The topological polar surface area (TPSA) is 72.2 Å². The fraction of sp³-hybridized carbons (Fsp3) is 0.462. The maximum absolute atomic E-state index is 11.8. The van der Waals surface area contributed by atoms with E-state index in [0.717, 1.165) is 17.3 Å². The summed E-state index contributed by atoms with van der Waals surface area (Å²) in [6, 6.07) is 5.78. The predicted octanol–water partition coefficient (Wildman–Crippen LogP) is 3.32. The number of rotatable bonds is 8. The van der Waals surface area contributed by atoms with Crippen molar-refractivity contribution in [1.29, 1.82) is 0 Å². The van der Waals surface area contributed by atoms with Gasteiger partial charge in [0.05, 0.1) is 4.92 Å². The molecule has 1 rings (SSSR count). The summed E-state index contributed by atoms with van der Waals surface area (Å²) in [5.41, 5.74) is 0.274. The van der Waals surface area contributed by atoms with Gasteiger partial charge in [-0.3, -0.25) is 14.9 Å². The predicted molar refractivity (Wildman–Crippen MR) is 82.8 cm³/mol. The molecule has 0 aliphatic rings. The Labute approximate surface area is 126 Å². The molecule has 104 valence electrons. The molecule has 0 atom stereocenters. The minimum absolute atomic E-state index is 0.0605. The number of alkyl halides is 1. The molecule has 0 spiro atoms. The zero-order valence-electron chi connectivity index (χ0n) is 10.6. The molecular weight excluding hydrogens is 359 g/mol. The highest BCUT2D eigenvalue weighted by molar-refractivity contribution is 14.1. The van der Waals surface area contributed by atoms with Crippen molar-refractivity contribution in [2.75, 3.05) is 11.0 Å². The van der Waals surface area contributed by atoms with Gasteiger partial charge in [0.2, 0.25) is 0 Å². The van der Waals surface area contributed by atoms with Crippen molar-refractivity contribution in [2.45, 2.75) is 25.7 Å². The van der Waals surface area contributed by atoms with Crippen LogP contribution in [0.25, 0.3) is 0 Å². The van der Waals surface area contributed by atoms with Crippen LogP contribution in [0.1, 0.15) is 36.0 Å². The Morgan fingerprint density at radius 3 is 2.68 bits per heavy atom. The van der Waals surface area contributed by atoms with Crippen LogP contribution < -0.4 is 5.32 Å². The first kappa shape index (κ1) is 15.9. The Bertz CT molecular complexity index is 438. The van der Waals surface area contributed by atoms with Gasteiger partial charge in [-0.05, 0) is 23.3 Å². The van der Waals surface area contributed by atoms with Crippen molar-refractivity contribution in [3.63, 3.8) is 0 Å². The van der Waals surface area contributed by atoms with E-state index in [-0.39, 0.29) is 11.6 Å². The number of carbonyl (C=O) groups excluding carboxylic acids is 1. The molecule has 0 fully saturated rings. The number of hydrogen-bond donors (Lipinski definition) is 1. The Morgan fingerprint density at radius 1 is 1.26 bits per heavy atom. The maximum Gasteiger partial charge on any atom is 0.270 e. The second kappa shape index (κ2) is 8.84. The molecule has 1 aromatic rings. The quantitative estimate of drug-likeness (QED) is 0.249. The summed E-state index contributed by atoms with van der Waals surface area (Å²) >= 11 is 2.35. The molecule has 0 radical (unpaired) electrons. The van der Waals surface area contributed by atoms with Crippen LogP contribution in [0, 0.1) is 10.1 Å². The zero-order chi connectivity index (χ0) is 14.1. The Morgan fingerprint density at radius 2 is 2.00 bits per heavy atom. The summed E-state index contributed by atoms with van der Waals surface area (Å²) in [5.74, 6) is -0.252. The molecule has 0 bridgehead atoms. The van der Waals surface area contributed by atoms with Gasteiger partial charge in [0.25, 0.3) is 11.6 Å². The smallest absolute Gasteiger partial charge is 0.270 e. The van der Waals surface area contributed by atoms with Gasteiger partial charge in [-0.1, -0.05) is 41.5 Å². The van der Waals surface area contributed by atoms with E-state index in [0.29, 0.717) is 12.1 Å². The second-order valence-corrected chi connectivity index (χ2v) is 5.25. The number of carbonyl (C=O) groups is 1. The van der Waals surface area contributed by atoms with E-state index in [2.05, 4.69) is 27.9 Å². The van der Waals surface area contributed by atoms with E-state index in [4.69, 9.17) is 0 Å². The minimum Gasteiger partial charge on any atom is -0.352 e. The van der Waals surface area contributed by atoms with E-state index in [9.17, 15) is 14.9 Å². The van der Waals surface area contributed by atoms with Gasteiger partial charge < -0.3 is 5.32 Å². The number of nitro benzene ring substituents is 1. The van der Waals surface area contributed by atoms with Crippen molar-refractivity contribution in [1.82, 2.24) is 5.32 Å². The fourth-order valence-electron chi connectivity index (χ4n) is 1.64. The minimum atomic E-state index is -0.499. The van der Waals surface area contributed by atoms with Gasteiger partial charge in [-0.15, -0.1) is 0 Å². The van der Waals surface area contributed by atoms with Crippen LogP contribution in [0.2, 0.25) is 0 Å². The van der Waals surface area contributed by atoms with E-state index in [1.807, 2.05) is 0 Å². The molecule has 19 heavy (non-hydrogen) atoms. The number of nitrogens with one attached hydrogen (secondary N) is 1. The average Bonchev–Trinajstić information content (AvgIpc) is 2.42. The van der Waals surface area contributed by atoms with E-state index in [1.54, 1.807) is 6.07 Å². The number of amides is 1. The molecule has 1 aromatic carbocycles. The van der Waals surface area contributed by atoms with Crippen LogP contribution in [0.4, 0.5) is 5.69 Å². The van der Waals surface area contributed by atoms with Gasteiger partial charge >= 0.3 is 0 Å². The van der Waals surface area contributed by atoms with Gasteiger partial charge in [0.15, 0.2) is 0 Å². The average molecular weight is 376 g/mol. The van der Waals surface area contributed by atoms with Gasteiger partial charge in [-0.25, -0.2) is 0 Å². The molecule has 0 saturated carbocycles. The second-order valence-electron chi connectivity index (χ2n) is 4.17. The van der Waals surface area contributed by atoms with E-state index in [1.165, 1.54) is 31.0 Å². The van der Waals surface area contributed by atoms with Crippen LogP contribution in [0.15, 0.2) is 24.3 Å². The lowest BCUT2D eigenvalue weighted by molar-refractivity contribution is -0.384. The van der Waals surface area contributed by atoms with Crippen LogP contribution in [0.3, 0.4) is 0 Å². The van der Waals surface area contributed by atoms with Crippen LogP contribution >= 0.6 is 22.6 Å². The van der Waals surface area contributed by atoms with Crippen molar-refractivity contribution >= 4 is 34.2 Å². The standard InChI is InChI=1S/C13H17IN2O3/c14-8-3-1-2-4-9-15-13(17)11-6-5-7-12(10-11)16(18)19/h5-7,10H,1-4,8-9H2,(H,15,17). The molecule has 0 aromatic heterocycles. The lowest BCUT2D eigenvalue weighted by Gasteiger charge is -2.05. The summed E-state index contributed by atoms with van der Waals surface area (Å²) < 4.78 is 1.16. The maximum atomic E-state index is 11.8. The van der Waals surface area contributed by atoms with E-state index < -0.39 is 4.92 Å². The lowest BCUT2D eigenvalue weighted by Crippen LogP contribution is -2.24. The summed E-state index contributed by atoms with van der Waals surface area (Å²) in [6.45, 7) is 0.614. The van der Waals surface area contributed by atoms with Crippen molar-refractivity contribution in [3.05, 3.63) is 39.9 Å². The highest BCUT2D eigenvalue weighted by atomic mass is 127. The number of nitrogens with zero attached hydrogens (tertiary/aromatic N) is 1. The highest BCUT2D eigenvalue weighted by Crippen LogP contribution is 2.12.